The summed E-state index contributed by atoms with van der Waals surface area (Å²) in [4.78, 5) is 16.2. The van der Waals surface area contributed by atoms with Crippen LogP contribution in [0.25, 0.3) is 33.3 Å². The molecule has 1 aliphatic heterocycles. The van der Waals surface area contributed by atoms with Crippen LogP contribution in [0.15, 0.2) is 64.3 Å². The first-order valence-electron chi connectivity index (χ1n) is 11.7. The van der Waals surface area contributed by atoms with Gasteiger partial charge in [-0.1, -0.05) is 42.1 Å². The molecule has 36 heavy (non-hydrogen) atoms. The number of furan rings is 1. The number of carbonyl (C=O) groups excluding carboxylic acids is 1. The number of thioether (sulfide) groups is 1. The van der Waals surface area contributed by atoms with E-state index in [1.165, 1.54) is 11.8 Å². The Labute approximate surface area is 210 Å². The monoisotopic (exact) mass is 498 g/mol. The van der Waals surface area contributed by atoms with Crippen molar-refractivity contribution in [1.82, 2.24) is 19.7 Å². The van der Waals surface area contributed by atoms with Gasteiger partial charge in [0.05, 0.1) is 18.4 Å². The second kappa shape index (κ2) is 9.53. The fraction of sp³-hybridized carbons (Fsp3) is 0.231. The Balaban J connectivity index is 1.26. The topological polar surface area (TPSA) is 122 Å². The van der Waals surface area contributed by atoms with Gasteiger partial charge < -0.3 is 19.5 Å². The first-order valence-corrected chi connectivity index (χ1v) is 12.7. The summed E-state index contributed by atoms with van der Waals surface area (Å²) < 4.78 is 13.5. The van der Waals surface area contributed by atoms with Gasteiger partial charge >= 0.3 is 0 Å². The van der Waals surface area contributed by atoms with E-state index in [1.807, 2.05) is 53.2 Å². The second-order valence-electron chi connectivity index (χ2n) is 8.55. The van der Waals surface area contributed by atoms with Crippen LogP contribution >= 0.6 is 11.8 Å². The molecule has 0 saturated carbocycles. The zero-order chi connectivity index (χ0) is 24.5. The van der Waals surface area contributed by atoms with Crippen LogP contribution in [0.3, 0.4) is 0 Å². The molecular weight excluding hydrogens is 476 g/mol. The third kappa shape index (κ3) is 4.12. The molecule has 1 unspecified atom stereocenters. The summed E-state index contributed by atoms with van der Waals surface area (Å²) in [6.45, 7) is 1.36. The van der Waals surface area contributed by atoms with E-state index >= 15 is 0 Å². The van der Waals surface area contributed by atoms with Crippen LogP contribution in [-0.2, 0) is 16.1 Å². The molecule has 0 radical (unpaired) electrons. The average molecular weight is 499 g/mol. The number of benzene rings is 2. The summed E-state index contributed by atoms with van der Waals surface area (Å²) in [6.07, 6.45) is 4.02. The summed E-state index contributed by atoms with van der Waals surface area (Å²) in [5.41, 5.74) is 2.92. The van der Waals surface area contributed by atoms with E-state index in [2.05, 4.69) is 26.6 Å². The third-order valence-electron chi connectivity index (χ3n) is 6.25. The van der Waals surface area contributed by atoms with E-state index in [-0.39, 0.29) is 23.5 Å². The molecule has 0 bridgehead atoms. The summed E-state index contributed by atoms with van der Waals surface area (Å²) in [7, 11) is 0. The van der Waals surface area contributed by atoms with Crippen LogP contribution in [-0.4, -0.2) is 44.1 Å². The number of nitriles is 1. The van der Waals surface area contributed by atoms with Gasteiger partial charge in [0.1, 0.15) is 17.3 Å². The van der Waals surface area contributed by atoms with Gasteiger partial charge in [-0.05, 0) is 31.0 Å². The zero-order valence-corrected chi connectivity index (χ0v) is 20.0. The van der Waals surface area contributed by atoms with Crippen LogP contribution in [0.5, 0.6) is 0 Å². The Bertz CT molecular complexity index is 1610. The number of amides is 1. The number of aromatic amines is 1. The van der Waals surface area contributed by atoms with E-state index in [0.29, 0.717) is 28.4 Å². The molecular formula is C26H22N6O3S. The summed E-state index contributed by atoms with van der Waals surface area (Å²) in [5.74, 6) is 0.654. The van der Waals surface area contributed by atoms with Gasteiger partial charge in [-0.15, -0.1) is 10.2 Å². The van der Waals surface area contributed by atoms with E-state index in [0.717, 1.165) is 41.7 Å². The standard InChI is InChI=1S/C26H22N6O3S/c27-12-22-24(18-8-2-4-10-21(18)35-22)29-23(33)15-36-26-31-30-25(32(26)14-16-6-5-11-34-16)19-13-28-20-9-3-1-7-17(19)20/h1-4,7-10,13,16,28H,5-6,11,14-15H2,(H,29,33). The van der Waals surface area contributed by atoms with Crippen LogP contribution in [0.2, 0.25) is 0 Å². The maximum Gasteiger partial charge on any atom is 0.234 e. The van der Waals surface area contributed by atoms with E-state index in [4.69, 9.17) is 9.15 Å². The lowest BCUT2D eigenvalue weighted by molar-refractivity contribution is -0.113. The van der Waals surface area contributed by atoms with Crippen molar-refractivity contribution in [3.05, 3.63) is 60.5 Å². The van der Waals surface area contributed by atoms with Gasteiger partial charge in [0.15, 0.2) is 11.0 Å². The quantitative estimate of drug-likeness (QED) is 0.304. The molecule has 10 heteroatoms. The number of ether oxygens (including phenoxy) is 1. The number of hydrogen-bond donors (Lipinski definition) is 2. The van der Waals surface area contributed by atoms with Crippen LogP contribution in [0, 0.1) is 11.3 Å². The minimum atomic E-state index is -0.261. The van der Waals surface area contributed by atoms with Crippen molar-refractivity contribution in [1.29, 1.82) is 5.26 Å². The Morgan fingerprint density at radius 1 is 1.19 bits per heavy atom. The fourth-order valence-corrected chi connectivity index (χ4v) is 5.31. The van der Waals surface area contributed by atoms with Crippen molar-refractivity contribution in [2.45, 2.75) is 30.6 Å². The minimum absolute atomic E-state index is 0.0774. The third-order valence-corrected chi connectivity index (χ3v) is 7.22. The molecule has 4 heterocycles. The molecule has 3 aromatic heterocycles. The van der Waals surface area contributed by atoms with Gasteiger partial charge in [0, 0.05) is 34.7 Å². The smallest absolute Gasteiger partial charge is 0.234 e. The van der Waals surface area contributed by atoms with Crippen molar-refractivity contribution >= 4 is 45.2 Å². The predicted octanol–water partition coefficient (Wildman–Crippen LogP) is 4.95. The van der Waals surface area contributed by atoms with Gasteiger partial charge in [-0.2, -0.15) is 5.26 Å². The Morgan fingerprint density at radius 3 is 2.86 bits per heavy atom. The Morgan fingerprint density at radius 2 is 2.03 bits per heavy atom. The Kier molecular flexibility index (Phi) is 5.93. The molecule has 2 N–H and O–H groups in total. The molecule has 1 saturated heterocycles. The number of rotatable bonds is 7. The maximum atomic E-state index is 12.9. The molecule has 1 aliphatic rings. The van der Waals surface area contributed by atoms with Crippen molar-refractivity contribution in [2.24, 2.45) is 0 Å². The number of aromatic nitrogens is 4. The number of anilines is 1. The fourth-order valence-electron chi connectivity index (χ4n) is 4.56. The second-order valence-corrected chi connectivity index (χ2v) is 9.49. The number of hydrogen-bond acceptors (Lipinski definition) is 7. The molecule has 9 nitrogen and oxygen atoms in total. The highest BCUT2D eigenvalue weighted by atomic mass is 32.2. The highest BCUT2D eigenvalue weighted by molar-refractivity contribution is 7.99. The summed E-state index contributed by atoms with van der Waals surface area (Å²) in [5, 5.41) is 23.6. The van der Waals surface area contributed by atoms with Crippen LogP contribution in [0.4, 0.5) is 5.69 Å². The van der Waals surface area contributed by atoms with E-state index in [9.17, 15) is 10.1 Å². The number of nitrogens with zero attached hydrogens (tertiary/aromatic N) is 4. The summed E-state index contributed by atoms with van der Waals surface area (Å²) in [6, 6.07) is 17.3. The molecule has 1 atom stereocenters. The number of para-hydroxylation sites is 2. The molecule has 0 aliphatic carbocycles. The van der Waals surface area contributed by atoms with Gasteiger partial charge in [0.2, 0.25) is 11.7 Å². The van der Waals surface area contributed by atoms with Crippen molar-refractivity contribution in [2.75, 3.05) is 17.7 Å². The first-order chi connectivity index (χ1) is 17.7. The highest BCUT2D eigenvalue weighted by Gasteiger charge is 2.24. The lowest BCUT2D eigenvalue weighted by atomic mass is 10.1. The molecule has 2 aromatic carbocycles. The Hall–Kier alpha value is -4.07. The number of fused-ring (bicyclic) bond motifs is 2. The summed E-state index contributed by atoms with van der Waals surface area (Å²) >= 11 is 1.30. The van der Waals surface area contributed by atoms with Crippen molar-refractivity contribution in [3.8, 4) is 17.5 Å². The molecule has 5 aromatic rings. The number of H-pyrrole nitrogens is 1. The number of nitrogens with one attached hydrogen (secondary N) is 2. The van der Waals surface area contributed by atoms with E-state index < -0.39 is 0 Å². The lowest BCUT2D eigenvalue weighted by Crippen LogP contribution is -2.18. The predicted molar refractivity (Wildman–Crippen MR) is 137 cm³/mol. The van der Waals surface area contributed by atoms with Crippen LogP contribution < -0.4 is 5.32 Å². The largest absolute Gasteiger partial charge is 0.443 e. The average Bonchev–Trinajstić information content (AvgIpc) is 3.70. The maximum absolute atomic E-state index is 12.9. The molecule has 6 rings (SSSR count). The molecule has 1 amide bonds. The molecule has 1 fully saturated rings. The zero-order valence-electron chi connectivity index (χ0n) is 19.2. The first kappa shape index (κ1) is 22.4. The van der Waals surface area contributed by atoms with Crippen LogP contribution in [0.1, 0.15) is 18.6 Å². The SMILES string of the molecule is N#Cc1oc2ccccc2c1NC(=O)CSc1nnc(-c2c[nH]c3ccccc23)n1CC1CCCO1. The normalized spacial score (nSPS) is 15.5. The minimum Gasteiger partial charge on any atom is -0.443 e. The number of carbonyl (C=O) groups is 1. The van der Waals surface area contributed by atoms with Gasteiger partial charge in [-0.25, -0.2) is 0 Å². The van der Waals surface area contributed by atoms with Crippen molar-refractivity contribution < 1.29 is 13.9 Å². The lowest BCUT2D eigenvalue weighted by Gasteiger charge is -2.14. The molecule has 0 spiro atoms. The van der Waals surface area contributed by atoms with Gasteiger partial charge in [0.25, 0.3) is 0 Å². The highest BCUT2D eigenvalue weighted by Crippen LogP contribution is 2.33. The van der Waals surface area contributed by atoms with Crippen molar-refractivity contribution in [3.63, 3.8) is 0 Å². The molecule has 180 valence electrons. The van der Waals surface area contributed by atoms with E-state index in [1.54, 1.807) is 6.07 Å². The van der Waals surface area contributed by atoms with Gasteiger partial charge in [-0.3, -0.25) is 9.36 Å².